The summed E-state index contributed by atoms with van der Waals surface area (Å²) >= 11 is 0. The van der Waals surface area contributed by atoms with Crippen LogP contribution in [-0.4, -0.2) is 65.6 Å². The zero-order valence-corrected chi connectivity index (χ0v) is 12.8. The van der Waals surface area contributed by atoms with E-state index in [4.69, 9.17) is 4.74 Å². The minimum absolute atomic E-state index is 0.105. The molecule has 1 N–H and O–H groups in total. The van der Waals surface area contributed by atoms with Crippen LogP contribution in [0.3, 0.4) is 0 Å². The van der Waals surface area contributed by atoms with E-state index in [1.165, 1.54) is 0 Å². The number of nitrogens with zero attached hydrogens (tertiary/aromatic N) is 5. The van der Waals surface area contributed by atoms with Crippen molar-refractivity contribution in [3.8, 4) is 6.01 Å². The second-order valence-electron chi connectivity index (χ2n) is 4.83. The summed E-state index contributed by atoms with van der Waals surface area (Å²) in [6.45, 7) is 6.98. The van der Waals surface area contributed by atoms with Crippen molar-refractivity contribution < 1.29 is 9.53 Å². The fourth-order valence-electron chi connectivity index (χ4n) is 2.08. The Hall–Kier alpha value is -2.12. The molecule has 1 aromatic heterocycles. The predicted octanol–water partition coefficient (Wildman–Crippen LogP) is 0.371. The van der Waals surface area contributed by atoms with Crippen molar-refractivity contribution in [2.24, 2.45) is 0 Å². The molecular formula is C13H22N6O2. The first-order valence-corrected chi connectivity index (χ1v) is 7.21. The van der Waals surface area contributed by atoms with E-state index in [1.807, 2.05) is 16.7 Å². The van der Waals surface area contributed by atoms with Crippen LogP contribution in [0.15, 0.2) is 0 Å². The average molecular weight is 294 g/mol. The lowest BCUT2D eigenvalue weighted by Gasteiger charge is -2.34. The molecule has 0 atom stereocenters. The number of rotatable bonds is 5. The van der Waals surface area contributed by atoms with Gasteiger partial charge >= 0.3 is 6.01 Å². The molecule has 0 aliphatic carbocycles. The number of amides is 1. The Morgan fingerprint density at radius 3 is 2.52 bits per heavy atom. The smallest absolute Gasteiger partial charge is 0.323 e. The van der Waals surface area contributed by atoms with Gasteiger partial charge in [0.05, 0.1) is 6.61 Å². The zero-order chi connectivity index (χ0) is 15.2. The van der Waals surface area contributed by atoms with E-state index < -0.39 is 0 Å². The predicted molar refractivity (Wildman–Crippen MR) is 79.6 cm³/mol. The first kappa shape index (κ1) is 15.3. The molecule has 2 heterocycles. The Labute approximate surface area is 124 Å². The minimum Gasteiger partial charge on any atom is -0.463 e. The number of nitrogens with one attached hydrogen (secondary N) is 1. The van der Waals surface area contributed by atoms with Gasteiger partial charge in [0.1, 0.15) is 0 Å². The fourth-order valence-corrected chi connectivity index (χ4v) is 2.08. The summed E-state index contributed by atoms with van der Waals surface area (Å²) in [5.41, 5.74) is 0. The second-order valence-corrected chi connectivity index (χ2v) is 4.83. The van der Waals surface area contributed by atoms with Crippen molar-refractivity contribution in [3.05, 3.63) is 0 Å². The lowest BCUT2D eigenvalue weighted by Crippen LogP contribution is -2.48. The summed E-state index contributed by atoms with van der Waals surface area (Å²) < 4.78 is 5.50. The number of aromatic nitrogens is 3. The Balaban J connectivity index is 2.10. The van der Waals surface area contributed by atoms with Gasteiger partial charge in [0.25, 0.3) is 0 Å². The molecule has 8 nitrogen and oxygen atoms in total. The maximum Gasteiger partial charge on any atom is 0.323 e. The van der Waals surface area contributed by atoms with E-state index >= 15 is 0 Å². The Bertz CT molecular complexity index is 488. The van der Waals surface area contributed by atoms with Crippen molar-refractivity contribution in [2.45, 2.75) is 20.3 Å². The lowest BCUT2D eigenvalue weighted by atomic mass is 10.3. The molecule has 1 aliphatic heterocycles. The van der Waals surface area contributed by atoms with Crippen LogP contribution in [0.5, 0.6) is 6.01 Å². The van der Waals surface area contributed by atoms with E-state index in [1.54, 1.807) is 14.0 Å². The molecule has 116 valence electrons. The van der Waals surface area contributed by atoms with Gasteiger partial charge in [-0.3, -0.25) is 4.79 Å². The van der Waals surface area contributed by atoms with Crippen LogP contribution in [0, 0.1) is 0 Å². The molecule has 0 radical (unpaired) electrons. The Kier molecular flexibility index (Phi) is 5.13. The SMILES string of the molecule is CCCOc1nc(NC)nc(N2CCN(C(C)=O)CC2)n1. The summed E-state index contributed by atoms with van der Waals surface area (Å²) in [5, 5.41) is 2.92. The molecule has 0 saturated carbocycles. The summed E-state index contributed by atoms with van der Waals surface area (Å²) in [7, 11) is 1.76. The second kappa shape index (κ2) is 7.05. The highest BCUT2D eigenvalue weighted by atomic mass is 16.5. The van der Waals surface area contributed by atoms with E-state index in [9.17, 15) is 4.79 Å². The minimum atomic E-state index is 0.105. The van der Waals surface area contributed by atoms with E-state index in [0.717, 1.165) is 6.42 Å². The number of hydrogen-bond acceptors (Lipinski definition) is 7. The molecule has 21 heavy (non-hydrogen) atoms. The molecule has 0 aromatic carbocycles. The molecule has 1 amide bonds. The highest BCUT2D eigenvalue weighted by Gasteiger charge is 2.21. The quantitative estimate of drug-likeness (QED) is 0.840. The van der Waals surface area contributed by atoms with Gasteiger partial charge in [-0.05, 0) is 6.42 Å². The molecule has 0 spiro atoms. The summed E-state index contributed by atoms with van der Waals surface area (Å²) in [4.78, 5) is 28.1. The number of ether oxygens (including phenoxy) is 1. The van der Waals surface area contributed by atoms with E-state index in [2.05, 4.69) is 20.3 Å². The Morgan fingerprint density at radius 1 is 1.24 bits per heavy atom. The standard InChI is InChI=1S/C13H22N6O2/c1-4-9-21-13-16-11(14-3)15-12(17-13)19-7-5-18(6-8-19)10(2)20/h4-9H2,1-3H3,(H,14,15,16,17). The maximum absolute atomic E-state index is 11.4. The maximum atomic E-state index is 11.4. The zero-order valence-electron chi connectivity index (χ0n) is 12.8. The summed E-state index contributed by atoms with van der Waals surface area (Å²) in [5.74, 6) is 1.18. The monoisotopic (exact) mass is 294 g/mol. The van der Waals surface area contributed by atoms with Gasteiger partial charge in [0.2, 0.25) is 17.8 Å². The molecular weight excluding hydrogens is 272 g/mol. The van der Waals surface area contributed by atoms with E-state index in [0.29, 0.717) is 50.7 Å². The number of carbonyl (C=O) groups is 1. The number of piperazine rings is 1. The number of carbonyl (C=O) groups excluding carboxylic acids is 1. The van der Waals surface area contributed by atoms with Crippen molar-refractivity contribution >= 4 is 17.8 Å². The first-order chi connectivity index (χ1) is 10.1. The van der Waals surface area contributed by atoms with Gasteiger partial charge in [-0.2, -0.15) is 15.0 Å². The van der Waals surface area contributed by atoms with Crippen LogP contribution in [-0.2, 0) is 4.79 Å². The fraction of sp³-hybridized carbons (Fsp3) is 0.692. The van der Waals surface area contributed by atoms with Crippen LogP contribution in [0.25, 0.3) is 0 Å². The van der Waals surface area contributed by atoms with Crippen LogP contribution in [0.2, 0.25) is 0 Å². The van der Waals surface area contributed by atoms with Gasteiger partial charge in [-0.25, -0.2) is 0 Å². The molecule has 1 fully saturated rings. The molecule has 2 rings (SSSR count). The van der Waals surface area contributed by atoms with Gasteiger partial charge in [-0.1, -0.05) is 6.92 Å². The Morgan fingerprint density at radius 2 is 1.95 bits per heavy atom. The third-order valence-electron chi connectivity index (χ3n) is 3.27. The largest absolute Gasteiger partial charge is 0.463 e. The molecule has 8 heteroatoms. The normalized spacial score (nSPS) is 15.0. The third kappa shape index (κ3) is 3.93. The van der Waals surface area contributed by atoms with Crippen LogP contribution in [0.1, 0.15) is 20.3 Å². The van der Waals surface area contributed by atoms with Crippen molar-refractivity contribution in [3.63, 3.8) is 0 Å². The van der Waals surface area contributed by atoms with Crippen molar-refractivity contribution in [1.29, 1.82) is 0 Å². The van der Waals surface area contributed by atoms with Gasteiger partial charge in [0.15, 0.2) is 0 Å². The first-order valence-electron chi connectivity index (χ1n) is 7.21. The number of hydrogen-bond donors (Lipinski definition) is 1. The topological polar surface area (TPSA) is 83.5 Å². The molecule has 1 aliphatic rings. The highest BCUT2D eigenvalue weighted by molar-refractivity contribution is 5.73. The van der Waals surface area contributed by atoms with Crippen LogP contribution < -0.4 is 15.0 Å². The summed E-state index contributed by atoms with van der Waals surface area (Å²) in [6, 6.07) is 0.334. The molecule has 1 saturated heterocycles. The molecule has 0 bridgehead atoms. The summed E-state index contributed by atoms with van der Waals surface area (Å²) in [6.07, 6.45) is 0.896. The molecule has 1 aromatic rings. The number of anilines is 2. The van der Waals surface area contributed by atoms with Gasteiger partial charge in [0, 0.05) is 40.2 Å². The van der Waals surface area contributed by atoms with Crippen LogP contribution >= 0.6 is 0 Å². The molecule has 0 unspecified atom stereocenters. The highest BCUT2D eigenvalue weighted by Crippen LogP contribution is 2.16. The van der Waals surface area contributed by atoms with Gasteiger partial charge < -0.3 is 19.9 Å². The van der Waals surface area contributed by atoms with Crippen molar-refractivity contribution in [2.75, 3.05) is 50.1 Å². The average Bonchev–Trinajstić information content (AvgIpc) is 2.52. The van der Waals surface area contributed by atoms with Crippen LogP contribution in [0.4, 0.5) is 11.9 Å². The van der Waals surface area contributed by atoms with E-state index in [-0.39, 0.29) is 5.91 Å². The van der Waals surface area contributed by atoms with Gasteiger partial charge in [-0.15, -0.1) is 0 Å². The van der Waals surface area contributed by atoms with Crippen molar-refractivity contribution in [1.82, 2.24) is 19.9 Å². The lowest BCUT2D eigenvalue weighted by molar-refractivity contribution is -0.129. The third-order valence-corrected chi connectivity index (χ3v) is 3.27.